The average molecular weight is 330 g/mol. The van der Waals surface area contributed by atoms with Gasteiger partial charge in [0.25, 0.3) is 15.7 Å². The number of sulfonamides is 1. The largest absolute Gasteiger partial charge is 0.366 e. The summed E-state index contributed by atoms with van der Waals surface area (Å²) in [5.74, 6) is 0. The third kappa shape index (κ3) is 3.20. The van der Waals surface area contributed by atoms with Gasteiger partial charge in [-0.2, -0.15) is 0 Å². The van der Waals surface area contributed by atoms with Gasteiger partial charge in [-0.15, -0.1) is 0 Å². The molecule has 0 amide bonds. The summed E-state index contributed by atoms with van der Waals surface area (Å²) in [6.45, 7) is 0. The van der Waals surface area contributed by atoms with Crippen LogP contribution in [0.5, 0.6) is 0 Å². The molecule has 0 spiro atoms. The first-order valence-electron chi connectivity index (χ1n) is 5.45. The minimum absolute atomic E-state index is 0.0854. The molecule has 0 saturated carbocycles. The number of hydrogen-bond donors (Lipinski definition) is 2. The van der Waals surface area contributed by atoms with Crippen molar-refractivity contribution in [2.45, 2.75) is 4.90 Å². The molecule has 1 aromatic heterocycles. The van der Waals surface area contributed by atoms with Gasteiger partial charge in [0, 0.05) is 29.5 Å². The summed E-state index contributed by atoms with van der Waals surface area (Å²) in [5.41, 5.74) is -1.54. The smallest absolute Gasteiger partial charge is 0.294 e. The fourth-order valence-electron chi connectivity index (χ4n) is 1.55. The minimum Gasteiger partial charge on any atom is -0.366 e. The summed E-state index contributed by atoms with van der Waals surface area (Å²) in [4.78, 5) is 23.6. The van der Waals surface area contributed by atoms with E-state index in [1.807, 2.05) is 4.72 Å². The van der Waals surface area contributed by atoms with Gasteiger partial charge >= 0.3 is 0 Å². The average Bonchev–Trinajstić information content (AvgIpc) is 2.40. The molecule has 21 heavy (non-hydrogen) atoms. The van der Waals surface area contributed by atoms with Crippen LogP contribution in [0.25, 0.3) is 0 Å². The third-order valence-corrected chi connectivity index (χ3v) is 4.10. The van der Waals surface area contributed by atoms with Crippen LogP contribution in [0.15, 0.2) is 46.3 Å². The molecule has 0 aliphatic heterocycles. The molecule has 0 bridgehead atoms. The maximum absolute atomic E-state index is 12.1. The van der Waals surface area contributed by atoms with Crippen LogP contribution < -0.4 is 10.2 Å². The molecule has 0 radical (unpaired) electrons. The van der Waals surface area contributed by atoms with Gasteiger partial charge in [0.05, 0.1) is 4.92 Å². The van der Waals surface area contributed by atoms with Crippen molar-refractivity contribution in [1.82, 2.24) is 4.98 Å². The fraction of sp³-hybridized carbons (Fsp3) is 0. The molecule has 0 unspecified atom stereocenters. The second-order valence-electron chi connectivity index (χ2n) is 3.90. The first kappa shape index (κ1) is 15.0. The third-order valence-electron chi connectivity index (χ3n) is 2.48. The molecule has 0 aliphatic carbocycles. The van der Waals surface area contributed by atoms with E-state index in [0.717, 1.165) is 24.4 Å². The highest BCUT2D eigenvalue weighted by Gasteiger charge is 2.23. The van der Waals surface area contributed by atoms with Gasteiger partial charge in [-0.1, -0.05) is 11.6 Å². The highest BCUT2D eigenvalue weighted by Crippen LogP contribution is 2.29. The van der Waals surface area contributed by atoms with E-state index < -0.39 is 31.0 Å². The van der Waals surface area contributed by atoms with Crippen LogP contribution in [0, 0.1) is 10.1 Å². The number of nitrogens with zero attached hydrogens (tertiary/aromatic N) is 1. The Morgan fingerprint density at radius 1 is 1.29 bits per heavy atom. The highest BCUT2D eigenvalue weighted by atomic mass is 35.5. The molecular formula is C11H8ClN3O5S. The molecule has 0 atom stereocenters. The molecule has 0 saturated heterocycles. The Bertz CT molecular complexity index is 862. The van der Waals surface area contributed by atoms with Gasteiger partial charge in [0.2, 0.25) is 5.43 Å². The van der Waals surface area contributed by atoms with Crippen molar-refractivity contribution in [3.63, 3.8) is 0 Å². The van der Waals surface area contributed by atoms with Gasteiger partial charge in [-0.3, -0.25) is 19.6 Å². The van der Waals surface area contributed by atoms with Gasteiger partial charge in [-0.05, 0) is 12.1 Å². The van der Waals surface area contributed by atoms with E-state index in [4.69, 9.17) is 11.6 Å². The second-order valence-corrected chi connectivity index (χ2v) is 5.98. The summed E-state index contributed by atoms with van der Waals surface area (Å²) in [7, 11) is -4.25. The zero-order valence-corrected chi connectivity index (χ0v) is 11.8. The molecule has 1 aromatic carbocycles. The summed E-state index contributed by atoms with van der Waals surface area (Å²) in [6.07, 6.45) is 2.26. The number of aromatic amines is 1. The molecule has 2 aromatic rings. The van der Waals surface area contributed by atoms with E-state index >= 15 is 0 Å². The minimum atomic E-state index is -4.25. The number of hydrogen-bond acceptors (Lipinski definition) is 5. The monoisotopic (exact) mass is 329 g/mol. The maximum atomic E-state index is 12.1. The number of anilines is 1. The SMILES string of the molecule is O=c1cc[nH]cc1S(=O)(=O)Nc1ccc(Cl)cc1[N+](=O)[O-]. The Balaban J connectivity index is 2.50. The lowest BCUT2D eigenvalue weighted by molar-refractivity contribution is -0.383. The number of rotatable bonds is 4. The lowest BCUT2D eigenvalue weighted by Gasteiger charge is -2.08. The predicted octanol–water partition coefficient (Wildman–Crippen LogP) is 1.74. The van der Waals surface area contributed by atoms with Gasteiger partial charge in [0.15, 0.2) is 4.90 Å². The normalized spacial score (nSPS) is 11.1. The van der Waals surface area contributed by atoms with Crippen molar-refractivity contribution in [2.75, 3.05) is 4.72 Å². The van der Waals surface area contributed by atoms with E-state index in [9.17, 15) is 23.3 Å². The number of H-pyrrole nitrogens is 1. The second kappa shape index (κ2) is 5.54. The number of halogens is 1. The first-order chi connectivity index (χ1) is 9.81. The summed E-state index contributed by atoms with van der Waals surface area (Å²) >= 11 is 5.64. The van der Waals surface area contributed by atoms with E-state index in [1.165, 1.54) is 12.3 Å². The van der Waals surface area contributed by atoms with Crippen LogP contribution in [-0.2, 0) is 10.0 Å². The van der Waals surface area contributed by atoms with Crippen molar-refractivity contribution in [2.24, 2.45) is 0 Å². The number of benzene rings is 1. The first-order valence-corrected chi connectivity index (χ1v) is 7.31. The van der Waals surface area contributed by atoms with E-state index in [1.54, 1.807) is 0 Å². The lowest BCUT2D eigenvalue weighted by atomic mass is 10.3. The zero-order valence-electron chi connectivity index (χ0n) is 10.2. The van der Waals surface area contributed by atoms with Crippen LogP contribution in [0.4, 0.5) is 11.4 Å². The van der Waals surface area contributed by atoms with Crippen molar-refractivity contribution >= 4 is 33.0 Å². The van der Waals surface area contributed by atoms with Gasteiger partial charge in [-0.25, -0.2) is 8.42 Å². The maximum Gasteiger partial charge on any atom is 0.294 e. The number of nitro groups is 1. The Morgan fingerprint density at radius 2 is 2.00 bits per heavy atom. The van der Waals surface area contributed by atoms with Crippen LogP contribution in [0.2, 0.25) is 5.02 Å². The summed E-state index contributed by atoms with van der Waals surface area (Å²) in [5, 5.41) is 11.0. The van der Waals surface area contributed by atoms with E-state index in [0.29, 0.717) is 0 Å². The molecule has 0 fully saturated rings. The topological polar surface area (TPSA) is 122 Å². The van der Waals surface area contributed by atoms with Crippen molar-refractivity contribution in [3.8, 4) is 0 Å². The molecule has 8 nitrogen and oxygen atoms in total. The van der Waals surface area contributed by atoms with Crippen molar-refractivity contribution in [3.05, 3.63) is 62.0 Å². The molecule has 110 valence electrons. The molecule has 0 aliphatic rings. The molecule has 2 N–H and O–H groups in total. The Morgan fingerprint density at radius 3 is 2.62 bits per heavy atom. The van der Waals surface area contributed by atoms with Crippen LogP contribution >= 0.6 is 11.6 Å². The molecule has 10 heteroatoms. The predicted molar refractivity (Wildman–Crippen MR) is 76.0 cm³/mol. The number of pyridine rings is 1. The Hall–Kier alpha value is -2.39. The summed E-state index contributed by atoms with van der Waals surface area (Å²) < 4.78 is 26.2. The van der Waals surface area contributed by atoms with Gasteiger partial charge in [0.1, 0.15) is 5.69 Å². The standard InChI is InChI=1S/C11H8ClN3O5S/c12-7-1-2-8(9(5-7)15(17)18)14-21(19,20)11-6-13-4-3-10(11)16/h1-6,14H,(H,13,16). The summed E-state index contributed by atoms with van der Waals surface area (Å²) in [6, 6.07) is 4.48. The quantitative estimate of drug-likeness (QED) is 0.653. The van der Waals surface area contributed by atoms with Crippen LogP contribution in [-0.4, -0.2) is 18.3 Å². The fourth-order valence-corrected chi connectivity index (χ4v) is 2.85. The van der Waals surface area contributed by atoms with Crippen LogP contribution in [0.3, 0.4) is 0 Å². The van der Waals surface area contributed by atoms with Gasteiger partial charge < -0.3 is 4.98 Å². The van der Waals surface area contributed by atoms with Crippen molar-refractivity contribution in [1.29, 1.82) is 0 Å². The highest BCUT2D eigenvalue weighted by molar-refractivity contribution is 7.92. The van der Waals surface area contributed by atoms with E-state index in [-0.39, 0.29) is 10.7 Å². The van der Waals surface area contributed by atoms with E-state index in [2.05, 4.69) is 4.98 Å². The molecule has 1 heterocycles. The number of aromatic nitrogens is 1. The van der Waals surface area contributed by atoms with Crippen molar-refractivity contribution < 1.29 is 13.3 Å². The zero-order chi connectivity index (χ0) is 15.6. The Labute approximate surface area is 123 Å². The Kier molecular flexibility index (Phi) is 3.96. The molecule has 2 rings (SSSR count). The number of nitro benzene ring substituents is 1. The lowest BCUT2D eigenvalue weighted by Crippen LogP contribution is -2.21. The number of nitrogens with one attached hydrogen (secondary N) is 2. The van der Waals surface area contributed by atoms with Crippen LogP contribution in [0.1, 0.15) is 0 Å². The molecular weight excluding hydrogens is 322 g/mol.